The second-order valence-corrected chi connectivity index (χ2v) is 8.42. The van der Waals surface area contributed by atoms with Gasteiger partial charge in [-0.15, -0.1) is 11.3 Å². The fourth-order valence-electron chi connectivity index (χ4n) is 3.23. The highest BCUT2D eigenvalue weighted by atomic mass is 32.1. The van der Waals surface area contributed by atoms with Gasteiger partial charge in [-0.25, -0.2) is 4.79 Å². The van der Waals surface area contributed by atoms with Gasteiger partial charge in [0.2, 0.25) is 0 Å². The number of rotatable bonds is 8. The maximum absolute atomic E-state index is 13.0. The zero-order chi connectivity index (χ0) is 24.0. The van der Waals surface area contributed by atoms with Crippen LogP contribution in [0.1, 0.15) is 43.6 Å². The predicted molar refractivity (Wildman–Crippen MR) is 129 cm³/mol. The summed E-state index contributed by atoms with van der Waals surface area (Å²) >= 11 is 1.03. The van der Waals surface area contributed by atoms with E-state index in [4.69, 9.17) is 9.47 Å². The Hall–Kier alpha value is -3.65. The molecule has 33 heavy (non-hydrogen) atoms. The molecule has 0 fully saturated rings. The minimum Gasteiger partial charge on any atom is -0.484 e. The van der Waals surface area contributed by atoms with Gasteiger partial charge in [-0.2, -0.15) is 0 Å². The highest BCUT2D eigenvalue weighted by Crippen LogP contribution is 2.34. The third-order valence-corrected chi connectivity index (χ3v) is 6.03. The zero-order valence-corrected chi connectivity index (χ0v) is 19.8. The molecule has 0 saturated carbocycles. The van der Waals surface area contributed by atoms with Gasteiger partial charge in [0.15, 0.2) is 6.61 Å². The topological polar surface area (TPSA) is 93.7 Å². The van der Waals surface area contributed by atoms with Crippen molar-refractivity contribution in [1.82, 2.24) is 0 Å². The number of amides is 2. The van der Waals surface area contributed by atoms with Gasteiger partial charge >= 0.3 is 5.97 Å². The minimum atomic E-state index is -0.601. The molecule has 3 rings (SSSR count). The van der Waals surface area contributed by atoms with Crippen LogP contribution < -0.4 is 15.4 Å². The normalized spacial score (nSPS) is 10.4. The van der Waals surface area contributed by atoms with Gasteiger partial charge in [0.1, 0.15) is 10.8 Å². The molecule has 172 valence electrons. The van der Waals surface area contributed by atoms with Crippen LogP contribution in [0.5, 0.6) is 5.75 Å². The van der Waals surface area contributed by atoms with Crippen LogP contribution in [0.3, 0.4) is 0 Å². The van der Waals surface area contributed by atoms with Crippen molar-refractivity contribution >= 4 is 39.8 Å². The first-order valence-corrected chi connectivity index (χ1v) is 11.3. The van der Waals surface area contributed by atoms with Crippen LogP contribution in [0, 0.1) is 20.8 Å². The SMILES string of the molecule is CCOC(=O)c1c(NC(=O)COc2ccccc2)sc(C(=O)Nc2ccc(C)cc2C)c1C. The fourth-order valence-corrected chi connectivity index (χ4v) is 4.33. The van der Waals surface area contributed by atoms with Crippen molar-refractivity contribution < 1.29 is 23.9 Å². The summed E-state index contributed by atoms with van der Waals surface area (Å²) in [5.41, 5.74) is 3.30. The van der Waals surface area contributed by atoms with E-state index in [1.165, 1.54) is 0 Å². The van der Waals surface area contributed by atoms with Crippen LogP contribution >= 0.6 is 11.3 Å². The van der Waals surface area contributed by atoms with Crippen LogP contribution in [0.4, 0.5) is 10.7 Å². The lowest BCUT2D eigenvalue weighted by atomic mass is 10.1. The Balaban J connectivity index is 1.83. The molecule has 2 aromatic carbocycles. The smallest absolute Gasteiger partial charge is 0.341 e. The summed E-state index contributed by atoms with van der Waals surface area (Å²) in [5, 5.41) is 5.83. The summed E-state index contributed by atoms with van der Waals surface area (Å²) in [6.07, 6.45) is 0. The third kappa shape index (κ3) is 5.98. The van der Waals surface area contributed by atoms with E-state index in [2.05, 4.69) is 10.6 Å². The van der Waals surface area contributed by atoms with Crippen molar-refractivity contribution in [3.63, 3.8) is 0 Å². The van der Waals surface area contributed by atoms with Crippen LogP contribution in [0.15, 0.2) is 48.5 Å². The van der Waals surface area contributed by atoms with Crippen LogP contribution in [0.25, 0.3) is 0 Å². The predicted octanol–water partition coefficient (Wildman–Crippen LogP) is 5.12. The Labute approximate surface area is 196 Å². The van der Waals surface area contributed by atoms with Crippen molar-refractivity contribution in [3.05, 3.63) is 75.7 Å². The summed E-state index contributed by atoms with van der Waals surface area (Å²) in [5.74, 6) is -0.867. The Morgan fingerprint density at radius 2 is 1.70 bits per heavy atom. The Morgan fingerprint density at radius 3 is 2.36 bits per heavy atom. The Bertz CT molecular complexity index is 1170. The standard InChI is InChI=1S/C25H26N2O5S/c1-5-31-25(30)21-17(4)22(23(29)26-19-12-11-15(2)13-16(19)3)33-24(21)27-20(28)14-32-18-9-7-6-8-10-18/h6-13H,5,14H2,1-4H3,(H,26,29)(H,27,28). The lowest BCUT2D eigenvalue weighted by Crippen LogP contribution is -2.21. The quantitative estimate of drug-likeness (QED) is 0.450. The molecular formula is C25H26N2O5S. The van der Waals surface area contributed by atoms with Crippen molar-refractivity contribution in [2.75, 3.05) is 23.8 Å². The molecule has 2 amide bonds. The number of para-hydroxylation sites is 1. The summed E-state index contributed by atoms with van der Waals surface area (Å²) in [4.78, 5) is 38.4. The molecule has 0 aliphatic rings. The second kappa shape index (κ2) is 10.8. The largest absolute Gasteiger partial charge is 0.484 e. The van der Waals surface area contributed by atoms with E-state index in [0.29, 0.717) is 21.9 Å². The monoisotopic (exact) mass is 466 g/mol. The number of esters is 1. The maximum Gasteiger partial charge on any atom is 0.341 e. The molecule has 3 aromatic rings. The van der Waals surface area contributed by atoms with Gasteiger partial charge in [-0.1, -0.05) is 35.9 Å². The maximum atomic E-state index is 13.0. The van der Waals surface area contributed by atoms with Gasteiger partial charge in [-0.05, 0) is 57.0 Å². The average molecular weight is 467 g/mol. The number of hydrogen-bond donors (Lipinski definition) is 2. The molecule has 0 spiro atoms. The number of aryl methyl sites for hydroxylation is 2. The zero-order valence-electron chi connectivity index (χ0n) is 19.0. The number of thiophene rings is 1. The number of nitrogens with one attached hydrogen (secondary N) is 2. The molecule has 0 aliphatic carbocycles. The van der Waals surface area contributed by atoms with Gasteiger partial charge in [0, 0.05) is 5.69 Å². The van der Waals surface area contributed by atoms with Gasteiger partial charge in [0.25, 0.3) is 11.8 Å². The fraction of sp³-hybridized carbons (Fsp3) is 0.240. The van der Waals surface area contributed by atoms with E-state index in [1.54, 1.807) is 38.1 Å². The van der Waals surface area contributed by atoms with Crippen LogP contribution in [-0.4, -0.2) is 31.0 Å². The second-order valence-electron chi connectivity index (χ2n) is 7.40. The number of benzene rings is 2. The van der Waals surface area contributed by atoms with Gasteiger partial charge in [0.05, 0.1) is 17.0 Å². The number of hydrogen-bond acceptors (Lipinski definition) is 6. The van der Waals surface area contributed by atoms with E-state index in [1.807, 2.05) is 38.1 Å². The Morgan fingerprint density at radius 1 is 0.970 bits per heavy atom. The van der Waals surface area contributed by atoms with Crippen LogP contribution in [-0.2, 0) is 9.53 Å². The summed E-state index contributed by atoms with van der Waals surface area (Å²) < 4.78 is 10.6. The highest BCUT2D eigenvalue weighted by Gasteiger charge is 2.27. The van der Waals surface area contributed by atoms with Gasteiger partial charge < -0.3 is 20.1 Å². The average Bonchev–Trinajstić information content (AvgIpc) is 3.11. The molecule has 1 heterocycles. The van der Waals surface area contributed by atoms with Crippen LogP contribution in [0.2, 0.25) is 0 Å². The lowest BCUT2D eigenvalue weighted by molar-refractivity contribution is -0.118. The van der Waals surface area contributed by atoms with Crippen molar-refractivity contribution in [1.29, 1.82) is 0 Å². The first-order chi connectivity index (χ1) is 15.8. The summed E-state index contributed by atoms with van der Waals surface area (Å²) in [6, 6.07) is 14.6. The van der Waals surface area contributed by atoms with Crippen molar-refractivity contribution in [3.8, 4) is 5.75 Å². The molecule has 0 aliphatic heterocycles. The van der Waals surface area contributed by atoms with Crippen molar-refractivity contribution in [2.24, 2.45) is 0 Å². The minimum absolute atomic E-state index is 0.167. The van der Waals surface area contributed by atoms with E-state index in [-0.39, 0.29) is 29.7 Å². The number of ether oxygens (including phenoxy) is 2. The number of carbonyl (C=O) groups excluding carboxylic acids is 3. The number of anilines is 2. The molecule has 0 radical (unpaired) electrons. The first kappa shape index (κ1) is 24.0. The summed E-state index contributed by atoms with van der Waals surface area (Å²) in [7, 11) is 0. The van der Waals surface area contributed by atoms with E-state index in [9.17, 15) is 14.4 Å². The third-order valence-electron chi connectivity index (χ3n) is 4.83. The molecule has 1 aromatic heterocycles. The van der Waals surface area contributed by atoms with E-state index >= 15 is 0 Å². The summed E-state index contributed by atoms with van der Waals surface area (Å²) in [6.45, 7) is 7.17. The Kier molecular flexibility index (Phi) is 7.84. The highest BCUT2D eigenvalue weighted by molar-refractivity contribution is 7.19. The molecule has 0 saturated heterocycles. The molecule has 7 nitrogen and oxygen atoms in total. The van der Waals surface area contributed by atoms with E-state index < -0.39 is 11.9 Å². The lowest BCUT2D eigenvalue weighted by Gasteiger charge is -2.09. The molecule has 2 N–H and O–H groups in total. The molecule has 0 bridgehead atoms. The molecule has 0 unspecified atom stereocenters. The van der Waals surface area contributed by atoms with Crippen molar-refractivity contribution in [2.45, 2.75) is 27.7 Å². The molecule has 8 heteroatoms. The van der Waals surface area contributed by atoms with E-state index in [0.717, 1.165) is 22.5 Å². The molecule has 0 atom stereocenters. The molecular weight excluding hydrogens is 440 g/mol. The van der Waals surface area contributed by atoms with Gasteiger partial charge in [-0.3, -0.25) is 9.59 Å². The first-order valence-electron chi connectivity index (χ1n) is 10.5. The number of carbonyl (C=O) groups is 3.